The van der Waals surface area contributed by atoms with Crippen molar-refractivity contribution in [3.05, 3.63) is 70.8 Å². The number of carbonyl (C=O) groups excluding carboxylic acids is 1. The Morgan fingerprint density at radius 2 is 2.10 bits per heavy atom. The zero-order valence-electron chi connectivity index (χ0n) is 23.5. The third kappa shape index (κ3) is 6.00. The molecule has 0 radical (unpaired) electrons. The molecular formula is C33H42ClNO4. The van der Waals surface area contributed by atoms with E-state index in [0.717, 1.165) is 74.5 Å². The topological polar surface area (TPSA) is 59.0 Å². The molecule has 2 aromatic rings. The van der Waals surface area contributed by atoms with Gasteiger partial charge in [-0.2, -0.15) is 0 Å². The molecule has 1 N–H and O–H groups in total. The first-order valence-electron chi connectivity index (χ1n) is 14.4. The molecular weight excluding hydrogens is 510 g/mol. The average Bonchev–Trinajstić information content (AvgIpc) is 3.01. The van der Waals surface area contributed by atoms with E-state index in [9.17, 15) is 9.90 Å². The second-order valence-corrected chi connectivity index (χ2v) is 13.2. The van der Waals surface area contributed by atoms with Crippen LogP contribution in [0, 0.1) is 11.8 Å². The molecule has 0 aromatic heterocycles. The standard InChI is InChI=1S/C33H42ClNO4/c1-5-6-9-29(36)26-13-10-24(26)19-35-20-33(16-7-8-22-17-25(34)12-14-27(22)33)21-38-30-15-11-23(18-28(30)35)31(37)39-32(2,3)4/h5,11-12,14-15,17-18,24,26,29,36H,1,6-10,13,16,19-21H2,2-4H3/t24-,26+,29-,33-/m0/s1. The van der Waals surface area contributed by atoms with Crippen LogP contribution < -0.4 is 9.64 Å². The van der Waals surface area contributed by atoms with Gasteiger partial charge in [0.15, 0.2) is 0 Å². The van der Waals surface area contributed by atoms with Gasteiger partial charge in [0.1, 0.15) is 11.4 Å². The van der Waals surface area contributed by atoms with E-state index in [1.165, 1.54) is 11.1 Å². The predicted octanol–water partition coefficient (Wildman–Crippen LogP) is 7.12. The number of nitrogens with zero attached hydrogens (tertiary/aromatic N) is 1. The fourth-order valence-electron chi connectivity index (χ4n) is 6.69. The summed E-state index contributed by atoms with van der Waals surface area (Å²) in [6, 6.07) is 12.0. The zero-order chi connectivity index (χ0) is 27.8. The molecule has 0 saturated heterocycles. The Bertz CT molecular complexity index is 1220. The Hall–Kier alpha value is -2.50. The maximum atomic E-state index is 13.0. The number of anilines is 1. The van der Waals surface area contributed by atoms with Crippen molar-refractivity contribution in [3.63, 3.8) is 0 Å². The number of rotatable bonds is 7. The van der Waals surface area contributed by atoms with Gasteiger partial charge in [-0.05, 0) is 119 Å². The Kier molecular flexibility index (Phi) is 8.03. The summed E-state index contributed by atoms with van der Waals surface area (Å²) in [7, 11) is 0. The van der Waals surface area contributed by atoms with Gasteiger partial charge in [0.2, 0.25) is 0 Å². The van der Waals surface area contributed by atoms with Crippen LogP contribution in [0.15, 0.2) is 49.1 Å². The van der Waals surface area contributed by atoms with Crippen molar-refractivity contribution < 1.29 is 19.4 Å². The number of hydrogen-bond donors (Lipinski definition) is 1. The van der Waals surface area contributed by atoms with Crippen LogP contribution in [0.2, 0.25) is 5.02 Å². The lowest BCUT2D eigenvalue weighted by molar-refractivity contribution is 0.00694. The number of carbonyl (C=O) groups is 1. The minimum atomic E-state index is -0.571. The van der Waals surface area contributed by atoms with Gasteiger partial charge < -0.3 is 19.5 Å². The molecule has 6 heteroatoms. The molecule has 0 amide bonds. The van der Waals surface area contributed by atoms with Crippen LogP contribution in [0.5, 0.6) is 5.75 Å². The molecule has 0 bridgehead atoms. The summed E-state index contributed by atoms with van der Waals surface area (Å²) in [5.41, 5.74) is 3.34. The van der Waals surface area contributed by atoms with Gasteiger partial charge in [-0.15, -0.1) is 6.58 Å². The summed E-state index contributed by atoms with van der Waals surface area (Å²) >= 11 is 6.39. The highest BCUT2D eigenvalue weighted by molar-refractivity contribution is 6.30. The second-order valence-electron chi connectivity index (χ2n) is 12.7. The van der Waals surface area contributed by atoms with Crippen LogP contribution in [0.25, 0.3) is 0 Å². The molecule has 0 unspecified atom stereocenters. The lowest BCUT2D eigenvalue weighted by Gasteiger charge is -2.45. The lowest BCUT2D eigenvalue weighted by Crippen LogP contribution is -2.49. The number of aliphatic hydroxyl groups is 1. The highest BCUT2D eigenvalue weighted by Gasteiger charge is 2.44. The summed E-state index contributed by atoms with van der Waals surface area (Å²) in [4.78, 5) is 15.5. The minimum absolute atomic E-state index is 0.177. The van der Waals surface area contributed by atoms with Crippen molar-refractivity contribution in [3.8, 4) is 5.75 Å². The van der Waals surface area contributed by atoms with Crippen molar-refractivity contribution in [2.45, 2.75) is 82.8 Å². The monoisotopic (exact) mass is 551 g/mol. The van der Waals surface area contributed by atoms with Gasteiger partial charge in [-0.3, -0.25) is 0 Å². The van der Waals surface area contributed by atoms with E-state index >= 15 is 0 Å². The zero-order valence-corrected chi connectivity index (χ0v) is 24.3. The number of fused-ring (bicyclic) bond motifs is 3. The van der Waals surface area contributed by atoms with Crippen molar-refractivity contribution in [2.75, 3.05) is 24.6 Å². The van der Waals surface area contributed by atoms with Crippen LogP contribution in [0.4, 0.5) is 5.69 Å². The first-order chi connectivity index (χ1) is 18.6. The number of allylic oxidation sites excluding steroid dienone is 1. The van der Waals surface area contributed by atoms with Gasteiger partial charge in [-0.25, -0.2) is 4.79 Å². The first-order valence-corrected chi connectivity index (χ1v) is 14.8. The number of benzene rings is 2. The first kappa shape index (κ1) is 28.0. The van der Waals surface area contributed by atoms with Crippen LogP contribution in [0.1, 0.15) is 80.8 Å². The van der Waals surface area contributed by atoms with Crippen LogP contribution in [-0.2, 0) is 16.6 Å². The van der Waals surface area contributed by atoms with E-state index in [1.807, 2.05) is 51.1 Å². The van der Waals surface area contributed by atoms with Crippen molar-refractivity contribution in [2.24, 2.45) is 11.8 Å². The third-order valence-corrected chi connectivity index (χ3v) is 9.00. The van der Waals surface area contributed by atoms with Gasteiger partial charge in [0.25, 0.3) is 0 Å². The van der Waals surface area contributed by atoms with Crippen LogP contribution in [-0.4, -0.2) is 42.5 Å². The summed E-state index contributed by atoms with van der Waals surface area (Å²) in [6.45, 7) is 11.7. The summed E-state index contributed by atoms with van der Waals surface area (Å²) in [6.07, 6.45) is 8.42. The molecule has 2 aromatic carbocycles. The molecule has 210 valence electrons. The van der Waals surface area contributed by atoms with Crippen LogP contribution >= 0.6 is 11.6 Å². The molecule has 5 rings (SSSR count). The van der Waals surface area contributed by atoms with E-state index in [4.69, 9.17) is 21.1 Å². The van der Waals surface area contributed by atoms with Gasteiger partial charge in [0, 0.05) is 23.5 Å². The molecule has 3 aliphatic rings. The molecule has 1 saturated carbocycles. The number of hydrogen-bond acceptors (Lipinski definition) is 5. The number of esters is 1. The average molecular weight is 552 g/mol. The van der Waals surface area contributed by atoms with Gasteiger partial charge in [0.05, 0.1) is 24.0 Å². The summed E-state index contributed by atoms with van der Waals surface area (Å²) in [5.74, 6) is 1.12. The molecule has 1 spiro atoms. The smallest absolute Gasteiger partial charge is 0.338 e. The normalized spacial score (nSPS) is 25.0. The van der Waals surface area contributed by atoms with E-state index < -0.39 is 5.60 Å². The van der Waals surface area contributed by atoms with Gasteiger partial charge >= 0.3 is 5.97 Å². The van der Waals surface area contributed by atoms with Crippen molar-refractivity contribution >= 4 is 23.3 Å². The Balaban J connectivity index is 1.50. The highest BCUT2D eigenvalue weighted by Crippen LogP contribution is 2.47. The molecule has 4 atom stereocenters. The maximum absolute atomic E-state index is 13.0. The molecule has 1 fully saturated rings. The Labute approximate surface area is 238 Å². The summed E-state index contributed by atoms with van der Waals surface area (Å²) < 4.78 is 12.3. The molecule has 2 aliphatic carbocycles. The van der Waals surface area contributed by atoms with Crippen LogP contribution in [0.3, 0.4) is 0 Å². The van der Waals surface area contributed by atoms with Crippen molar-refractivity contribution in [1.29, 1.82) is 0 Å². The fourth-order valence-corrected chi connectivity index (χ4v) is 6.89. The SMILES string of the molecule is C=CCC[C@H](O)[C@@H]1CC[C@H]1CN1C[C@@]2(CCCc3cc(Cl)ccc32)COc2ccc(C(=O)OC(C)(C)C)cc21. The predicted molar refractivity (Wildman–Crippen MR) is 157 cm³/mol. The largest absolute Gasteiger partial charge is 0.490 e. The minimum Gasteiger partial charge on any atom is -0.490 e. The molecule has 1 aliphatic heterocycles. The van der Waals surface area contributed by atoms with E-state index in [1.54, 1.807) is 0 Å². The fraction of sp³-hybridized carbons (Fsp3) is 0.545. The molecule has 1 heterocycles. The quantitative estimate of drug-likeness (QED) is 0.293. The van der Waals surface area contributed by atoms with E-state index in [2.05, 4.69) is 23.6 Å². The molecule has 39 heavy (non-hydrogen) atoms. The molecule has 5 nitrogen and oxygen atoms in total. The van der Waals surface area contributed by atoms with E-state index in [-0.39, 0.29) is 23.4 Å². The summed E-state index contributed by atoms with van der Waals surface area (Å²) in [5, 5.41) is 11.7. The van der Waals surface area contributed by atoms with Crippen molar-refractivity contribution in [1.82, 2.24) is 0 Å². The third-order valence-electron chi connectivity index (χ3n) is 8.76. The number of halogens is 1. The maximum Gasteiger partial charge on any atom is 0.338 e. The highest BCUT2D eigenvalue weighted by atomic mass is 35.5. The number of aryl methyl sites for hydroxylation is 1. The Morgan fingerprint density at radius 1 is 1.28 bits per heavy atom. The van der Waals surface area contributed by atoms with Gasteiger partial charge in [-0.1, -0.05) is 23.7 Å². The van der Waals surface area contributed by atoms with E-state index in [0.29, 0.717) is 18.1 Å². The Morgan fingerprint density at radius 3 is 2.82 bits per heavy atom. The number of aliphatic hydroxyl groups excluding tert-OH is 1. The number of ether oxygens (including phenoxy) is 2. The lowest BCUT2D eigenvalue weighted by atomic mass is 9.68. The second kappa shape index (κ2) is 11.2.